The van der Waals surface area contributed by atoms with Crippen LogP contribution in [-0.2, 0) is 0 Å². The molecule has 2 nitrogen and oxygen atoms in total. The van der Waals surface area contributed by atoms with Gasteiger partial charge in [-0.3, -0.25) is 0 Å². The lowest BCUT2D eigenvalue weighted by Crippen LogP contribution is -2.10. The van der Waals surface area contributed by atoms with Gasteiger partial charge in [0.1, 0.15) is 0 Å². The van der Waals surface area contributed by atoms with Crippen LogP contribution in [0.25, 0.3) is 93.9 Å². The Hall–Kier alpha value is -7.94. The van der Waals surface area contributed by atoms with E-state index in [1.165, 1.54) is 88.2 Å². The van der Waals surface area contributed by atoms with Crippen molar-refractivity contribution in [2.24, 2.45) is 0 Å². The van der Waals surface area contributed by atoms with Crippen LogP contribution >= 0.6 is 0 Å². The third-order valence-electron chi connectivity index (χ3n) is 12.3. The summed E-state index contributed by atoms with van der Waals surface area (Å²) in [6.07, 6.45) is 0. The van der Waals surface area contributed by atoms with E-state index in [0.717, 1.165) is 22.7 Å². The minimum absolute atomic E-state index is 1.10. The molecule has 0 radical (unpaired) electrons. The third-order valence-corrected chi connectivity index (χ3v) is 12.3. The van der Waals surface area contributed by atoms with Crippen LogP contribution in [-0.4, -0.2) is 4.57 Å². The fraction of sp³-hybridized carbons (Fsp3) is 0. The maximum atomic E-state index is 2.41. The fourth-order valence-corrected chi connectivity index (χ4v) is 9.58. The van der Waals surface area contributed by atoms with Crippen LogP contribution in [0.3, 0.4) is 0 Å². The Labute approximate surface area is 349 Å². The van der Waals surface area contributed by atoms with Crippen molar-refractivity contribution < 1.29 is 0 Å². The number of anilines is 3. The van der Waals surface area contributed by atoms with Crippen LogP contribution in [0.15, 0.2) is 231 Å². The van der Waals surface area contributed by atoms with Crippen LogP contribution in [0.5, 0.6) is 0 Å². The summed E-state index contributed by atoms with van der Waals surface area (Å²) in [5.74, 6) is 0. The summed E-state index contributed by atoms with van der Waals surface area (Å²) in [5.41, 5.74) is 19.2. The predicted molar refractivity (Wildman–Crippen MR) is 254 cm³/mol. The molecule has 0 saturated carbocycles. The van der Waals surface area contributed by atoms with Crippen LogP contribution < -0.4 is 4.90 Å². The van der Waals surface area contributed by atoms with E-state index in [1.807, 2.05) is 0 Å². The minimum atomic E-state index is 1.10. The maximum Gasteiger partial charge on any atom is 0.0541 e. The lowest BCUT2D eigenvalue weighted by molar-refractivity contribution is 1.18. The molecule has 0 atom stereocenters. The standard InChI is InChI=1S/C58H38N2/c1-3-14-39(15-4-1)40-26-30-44(31-27-40)59(47-36-43-18-13-23-53-49-19-7-8-20-50(49)55(38-47)58(43)53)45-32-28-42(29-33-45)48-35-34-46(37-54(48)41-16-5-2-6-17-41)60-56-24-11-9-21-51(56)52-22-10-12-25-57(52)60/h1-38H. The summed E-state index contributed by atoms with van der Waals surface area (Å²) in [6, 6.07) is 84.2. The molecule has 1 aliphatic carbocycles. The zero-order chi connectivity index (χ0) is 39.6. The minimum Gasteiger partial charge on any atom is -0.310 e. The van der Waals surface area contributed by atoms with E-state index in [1.54, 1.807) is 0 Å². The van der Waals surface area contributed by atoms with Crippen LogP contribution in [0, 0.1) is 0 Å². The van der Waals surface area contributed by atoms with E-state index in [2.05, 4.69) is 240 Å². The summed E-state index contributed by atoms with van der Waals surface area (Å²) in [4.78, 5) is 2.41. The van der Waals surface area contributed by atoms with Gasteiger partial charge in [-0.05, 0) is 127 Å². The summed E-state index contributed by atoms with van der Waals surface area (Å²) >= 11 is 0. The molecule has 0 fully saturated rings. The highest BCUT2D eigenvalue weighted by Crippen LogP contribution is 2.50. The first-order valence-electron chi connectivity index (χ1n) is 20.7. The molecule has 1 heterocycles. The lowest BCUT2D eigenvalue weighted by atomic mass is 9.93. The van der Waals surface area contributed by atoms with Gasteiger partial charge in [-0.15, -0.1) is 0 Å². The molecule has 11 aromatic rings. The van der Waals surface area contributed by atoms with Gasteiger partial charge in [-0.1, -0.05) is 170 Å². The smallest absolute Gasteiger partial charge is 0.0541 e. The van der Waals surface area contributed by atoms with Crippen molar-refractivity contribution in [1.82, 2.24) is 4.57 Å². The highest BCUT2D eigenvalue weighted by Gasteiger charge is 2.24. The third kappa shape index (κ3) is 5.50. The number of benzene rings is 10. The first-order valence-corrected chi connectivity index (χ1v) is 20.7. The predicted octanol–water partition coefficient (Wildman–Crippen LogP) is 16.1. The quantitative estimate of drug-likeness (QED) is 0.157. The van der Waals surface area contributed by atoms with Crippen molar-refractivity contribution >= 4 is 49.6 Å². The maximum absolute atomic E-state index is 2.41. The second-order valence-electron chi connectivity index (χ2n) is 15.7. The molecule has 1 aliphatic rings. The summed E-state index contributed by atoms with van der Waals surface area (Å²) in [7, 11) is 0. The van der Waals surface area contributed by atoms with Crippen LogP contribution in [0.1, 0.15) is 0 Å². The number of aromatic nitrogens is 1. The van der Waals surface area contributed by atoms with Gasteiger partial charge in [-0.2, -0.15) is 0 Å². The summed E-state index contributed by atoms with van der Waals surface area (Å²) < 4.78 is 2.40. The van der Waals surface area contributed by atoms with E-state index in [9.17, 15) is 0 Å². The van der Waals surface area contributed by atoms with E-state index < -0.39 is 0 Å². The van der Waals surface area contributed by atoms with Crippen molar-refractivity contribution in [3.63, 3.8) is 0 Å². The molecule has 0 N–H and O–H groups in total. The van der Waals surface area contributed by atoms with Crippen molar-refractivity contribution in [1.29, 1.82) is 0 Å². The normalized spacial score (nSPS) is 11.7. The van der Waals surface area contributed by atoms with Crippen molar-refractivity contribution in [3.05, 3.63) is 231 Å². The number of nitrogens with zero attached hydrogens (tertiary/aromatic N) is 2. The first kappa shape index (κ1) is 34.1. The molecular formula is C58H38N2. The van der Waals surface area contributed by atoms with Gasteiger partial charge in [0, 0.05) is 33.5 Å². The zero-order valence-electron chi connectivity index (χ0n) is 32.8. The molecular weight excluding hydrogens is 725 g/mol. The molecule has 0 saturated heterocycles. The summed E-state index contributed by atoms with van der Waals surface area (Å²) in [5, 5.41) is 5.10. The molecule has 12 rings (SSSR count). The molecule has 0 spiro atoms. The number of para-hydroxylation sites is 2. The van der Waals surface area contributed by atoms with Gasteiger partial charge < -0.3 is 9.47 Å². The highest BCUT2D eigenvalue weighted by molar-refractivity contribution is 6.16. The molecule has 1 aromatic heterocycles. The van der Waals surface area contributed by atoms with Crippen LogP contribution in [0.4, 0.5) is 17.1 Å². The first-order chi connectivity index (χ1) is 29.8. The molecule has 0 unspecified atom stereocenters. The highest BCUT2D eigenvalue weighted by atomic mass is 15.1. The molecule has 0 aliphatic heterocycles. The number of hydrogen-bond acceptors (Lipinski definition) is 1. The van der Waals surface area contributed by atoms with Gasteiger partial charge in [0.25, 0.3) is 0 Å². The lowest BCUT2D eigenvalue weighted by Gasteiger charge is -2.27. The van der Waals surface area contributed by atoms with Crippen LogP contribution in [0.2, 0.25) is 0 Å². The van der Waals surface area contributed by atoms with Gasteiger partial charge in [0.15, 0.2) is 0 Å². The Balaban J connectivity index is 1.00. The van der Waals surface area contributed by atoms with Crippen molar-refractivity contribution in [2.75, 3.05) is 4.90 Å². The molecule has 0 bridgehead atoms. The fourth-order valence-electron chi connectivity index (χ4n) is 9.58. The second kappa shape index (κ2) is 13.9. The van der Waals surface area contributed by atoms with Crippen molar-refractivity contribution in [2.45, 2.75) is 0 Å². The average molecular weight is 763 g/mol. The van der Waals surface area contributed by atoms with E-state index in [0.29, 0.717) is 0 Å². The molecule has 280 valence electrons. The molecule has 2 heteroatoms. The topological polar surface area (TPSA) is 8.17 Å². The SMILES string of the molecule is c1ccc(-c2ccc(N(c3ccc(-c4ccc(-n5c6ccccc6c6ccccc65)cc4-c4ccccc4)cc3)c3cc4c5c(cccc5c3)-c3ccccc3-4)cc2)cc1. The molecule has 60 heavy (non-hydrogen) atoms. The van der Waals surface area contributed by atoms with Crippen molar-refractivity contribution in [3.8, 4) is 61.3 Å². The van der Waals surface area contributed by atoms with E-state index >= 15 is 0 Å². The Morgan fingerprint density at radius 2 is 0.800 bits per heavy atom. The van der Waals surface area contributed by atoms with Gasteiger partial charge in [0.05, 0.1) is 11.0 Å². The van der Waals surface area contributed by atoms with Gasteiger partial charge in [0.2, 0.25) is 0 Å². The number of rotatable bonds is 7. The Morgan fingerprint density at radius 1 is 0.283 bits per heavy atom. The Kier molecular flexibility index (Phi) is 7.89. The van der Waals surface area contributed by atoms with Gasteiger partial charge >= 0.3 is 0 Å². The van der Waals surface area contributed by atoms with Gasteiger partial charge in [-0.25, -0.2) is 0 Å². The Bertz CT molecular complexity index is 3340. The van der Waals surface area contributed by atoms with E-state index in [4.69, 9.17) is 0 Å². The molecule has 10 aromatic carbocycles. The average Bonchev–Trinajstić information content (AvgIpc) is 3.84. The Morgan fingerprint density at radius 3 is 1.47 bits per heavy atom. The number of hydrogen-bond donors (Lipinski definition) is 0. The monoisotopic (exact) mass is 762 g/mol. The summed E-state index contributed by atoms with van der Waals surface area (Å²) in [6.45, 7) is 0. The second-order valence-corrected chi connectivity index (χ2v) is 15.7. The van der Waals surface area contributed by atoms with E-state index in [-0.39, 0.29) is 0 Å². The molecule has 0 amide bonds. The zero-order valence-corrected chi connectivity index (χ0v) is 32.8. The number of fused-ring (bicyclic) bond motifs is 6. The largest absolute Gasteiger partial charge is 0.310 e.